The van der Waals surface area contributed by atoms with Gasteiger partial charge in [0.1, 0.15) is 7.11 Å². The summed E-state index contributed by atoms with van der Waals surface area (Å²) in [5, 5.41) is 11.6. The molecule has 1 aliphatic rings. The highest BCUT2D eigenvalue weighted by Gasteiger charge is 2.27. The molecule has 1 N–H and O–H groups in total. The summed E-state index contributed by atoms with van der Waals surface area (Å²) >= 11 is 1.69. The van der Waals surface area contributed by atoms with Gasteiger partial charge in [0.15, 0.2) is 0 Å². The van der Waals surface area contributed by atoms with Gasteiger partial charge in [0.2, 0.25) is 5.91 Å². The summed E-state index contributed by atoms with van der Waals surface area (Å²) in [7, 11) is 1.55. The summed E-state index contributed by atoms with van der Waals surface area (Å²) in [5.41, 5.74) is 5.98. The number of aromatic nitrogens is 2. The maximum atomic E-state index is 12.3. The van der Waals surface area contributed by atoms with Crippen LogP contribution in [-0.4, -0.2) is 34.8 Å². The van der Waals surface area contributed by atoms with E-state index in [1.54, 1.807) is 24.7 Å². The highest BCUT2D eigenvalue weighted by Crippen LogP contribution is 2.33. The molecular weight excluding hydrogens is 396 g/mol. The fourth-order valence-electron chi connectivity index (χ4n) is 4.18. The lowest BCUT2D eigenvalue weighted by Gasteiger charge is -2.25. The molecule has 1 amide bonds. The number of fused-ring (bicyclic) bond motifs is 3. The Bertz CT molecular complexity index is 1100. The van der Waals surface area contributed by atoms with Gasteiger partial charge in [-0.15, -0.1) is 11.3 Å². The molecule has 0 bridgehead atoms. The van der Waals surface area contributed by atoms with E-state index in [4.69, 9.17) is 4.84 Å². The fourth-order valence-corrected chi connectivity index (χ4v) is 4.78. The Morgan fingerprint density at radius 3 is 3.00 bits per heavy atom. The Labute approximate surface area is 180 Å². The van der Waals surface area contributed by atoms with Gasteiger partial charge >= 0.3 is 0 Å². The predicted octanol–water partition coefficient (Wildman–Crippen LogP) is 4.06. The molecule has 1 aliphatic carbocycles. The molecule has 3 aromatic rings. The average Bonchev–Trinajstić information content (AvgIpc) is 3.27. The molecule has 0 aliphatic heterocycles. The number of nitrogens with one attached hydrogen (secondary N) is 1. The smallest absolute Gasteiger partial charge is 0.222 e. The average molecular weight is 425 g/mol. The van der Waals surface area contributed by atoms with Gasteiger partial charge in [0.25, 0.3) is 0 Å². The minimum atomic E-state index is -0.00231. The third-order valence-electron chi connectivity index (χ3n) is 5.66. The number of rotatable bonds is 6. The first-order valence-electron chi connectivity index (χ1n) is 10.4. The Hall–Kier alpha value is -2.67. The summed E-state index contributed by atoms with van der Waals surface area (Å²) in [5.74, 6) is 0.121. The molecule has 1 atom stereocenters. The predicted molar refractivity (Wildman–Crippen MR) is 121 cm³/mol. The topological polar surface area (TPSA) is 68.5 Å². The molecule has 1 aromatic carbocycles. The van der Waals surface area contributed by atoms with Crippen LogP contribution in [0.5, 0.6) is 0 Å². The van der Waals surface area contributed by atoms with Crippen molar-refractivity contribution in [2.75, 3.05) is 7.11 Å². The Morgan fingerprint density at radius 2 is 2.30 bits per heavy atom. The van der Waals surface area contributed by atoms with E-state index in [2.05, 4.69) is 43.6 Å². The number of thiazole rings is 1. The molecule has 0 spiro atoms. The molecule has 30 heavy (non-hydrogen) atoms. The quantitative estimate of drug-likeness (QED) is 0.479. The van der Waals surface area contributed by atoms with Crippen LogP contribution < -0.4 is 5.32 Å². The minimum absolute atomic E-state index is 0.00231. The second-order valence-corrected chi connectivity index (χ2v) is 9.23. The van der Waals surface area contributed by atoms with Crippen LogP contribution in [0.2, 0.25) is 0 Å². The zero-order chi connectivity index (χ0) is 21.3. The van der Waals surface area contributed by atoms with Crippen molar-refractivity contribution in [2.45, 2.75) is 52.6 Å². The number of aryl methyl sites for hydroxylation is 1. The number of hydrogen-bond donors (Lipinski definition) is 1. The zero-order valence-corrected chi connectivity index (χ0v) is 18.8. The van der Waals surface area contributed by atoms with Gasteiger partial charge in [-0.1, -0.05) is 25.1 Å². The van der Waals surface area contributed by atoms with E-state index in [0.29, 0.717) is 0 Å². The fraction of sp³-hybridized carbons (Fsp3) is 0.435. The van der Waals surface area contributed by atoms with Crippen LogP contribution in [0.25, 0.3) is 10.9 Å². The first kappa shape index (κ1) is 20.6. The molecule has 0 radical (unpaired) electrons. The minimum Gasteiger partial charge on any atom is -0.399 e. The normalized spacial score (nSPS) is 16.4. The number of oxime groups is 1. The molecular formula is C23H28N4O2S. The number of nitrogens with zero attached hydrogens (tertiary/aromatic N) is 3. The van der Waals surface area contributed by atoms with E-state index in [9.17, 15) is 4.79 Å². The maximum Gasteiger partial charge on any atom is 0.222 e. The van der Waals surface area contributed by atoms with Crippen molar-refractivity contribution in [1.82, 2.24) is 14.9 Å². The molecule has 0 saturated carbocycles. The van der Waals surface area contributed by atoms with E-state index in [1.165, 1.54) is 22.2 Å². The van der Waals surface area contributed by atoms with Crippen molar-refractivity contribution in [2.24, 2.45) is 11.1 Å². The Kier molecular flexibility index (Phi) is 5.90. The molecule has 2 aromatic heterocycles. The largest absolute Gasteiger partial charge is 0.399 e. The van der Waals surface area contributed by atoms with Crippen LogP contribution in [0.4, 0.5) is 0 Å². The van der Waals surface area contributed by atoms with Crippen LogP contribution >= 0.6 is 11.3 Å². The second-order valence-electron chi connectivity index (χ2n) is 8.17. The van der Waals surface area contributed by atoms with Gasteiger partial charge in [-0.3, -0.25) is 4.79 Å². The number of hydrogen-bond acceptors (Lipinski definition) is 5. The van der Waals surface area contributed by atoms with E-state index in [0.717, 1.165) is 42.1 Å². The van der Waals surface area contributed by atoms with E-state index < -0.39 is 0 Å². The molecule has 2 heterocycles. The Morgan fingerprint density at radius 1 is 1.47 bits per heavy atom. The van der Waals surface area contributed by atoms with Gasteiger partial charge in [-0.05, 0) is 49.4 Å². The van der Waals surface area contributed by atoms with Gasteiger partial charge < -0.3 is 14.7 Å². The van der Waals surface area contributed by atoms with Crippen LogP contribution in [0.1, 0.15) is 47.8 Å². The SMILES string of the molecule is CON=Cc1ccc2c(c1)c1c(n2Cc2csc(C)n2)CCC(NC(=O)C(C)C)C1. The Balaban J connectivity index is 1.75. The van der Waals surface area contributed by atoms with E-state index in [1.807, 2.05) is 20.8 Å². The van der Waals surface area contributed by atoms with Gasteiger partial charge in [-0.2, -0.15) is 0 Å². The number of benzene rings is 1. The monoisotopic (exact) mass is 424 g/mol. The van der Waals surface area contributed by atoms with E-state index >= 15 is 0 Å². The van der Waals surface area contributed by atoms with Gasteiger partial charge in [0, 0.05) is 33.9 Å². The molecule has 1 unspecified atom stereocenters. The van der Waals surface area contributed by atoms with Crippen LogP contribution in [0, 0.1) is 12.8 Å². The van der Waals surface area contributed by atoms with Gasteiger partial charge in [0.05, 0.1) is 23.5 Å². The third-order valence-corrected chi connectivity index (χ3v) is 6.48. The van der Waals surface area contributed by atoms with Crippen molar-refractivity contribution in [1.29, 1.82) is 0 Å². The number of amides is 1. The maximum absolute atomic E-state index is 12.3. The lowest BCUT2D eigenvalue weighted by Crippen LogP contribution is -2.41. The van der Waals surface area contributed by atoms with Crippen molar-refractivity contribution in [3.05, 3.63) is 51.1 Å². The molecule has 0 saturated heterocycles. The lowest BCUT2D eigenvalue weighted by atomic mass is 9.90. The summed E-state index contributed by atoms with van der Waals surface area (Å²) in [6, 6.07) is 6.57. The van der Waals surface area contributed by atoms with Crippen molar-refractivity contribution in [3.8, 4) is 0 Å². The lowest BCUT2D eigenvalue weighted by molar-refractivity contribution is -0.124. The number of carbonyl (C=O) groups excluding carboxylic acids is 1. The molecule has 6 nitrogen and oxygen atoms in total. The molecule has 7 heteroatoms. The third kappa shape index (κ3) is 4.12. The summed E-state index contributed by atoms with van der Waals surface area (Å²) in [4.78, 5) is 21.8. The van der Waals surface area contributed by atoms with Crippen molar-refractivity contribution < 1.29 is 9.63 Å². The first-order chi connectivity index (χ1) is 14.5. The van der Waals surface area contributed by atoms with Crippen molar-refractivity contribution in [3.63, 3.8) is 0 Å². The van der Waals surface area contributed by atoms with E-state index in [-0.39, 0.29) is 17.9 Å². The highest BCUT2D eigenvalue weighted by molar-refractivity contribution is 7.09. The number of carbonyl (C=O) groups is 1. The van der Waals surface area contributed by atoms with Gasteiger partial charge in [-0.25, -0.2) is 4.98 Å². The molecule has 158 valence electrons. The molecule has 0 fully saturated rings. The molecule has 4 rings (SSSR count). The first-order valence-corrected chi connectivity index (χ1v) is 11.3. The summed E-state index contributed by atoms with van der Waals surface area (Å²) in [6.45, 7) is 6.69. The van der Waals surface area contributed by atoms with Crippen LogP contribution in [0.15, 0.2) is 28.7 Å². The van der Waals surface area contributed by atoms with Crippen molar-refractivity contribution >= 4 is 34.4 Å². The second kappa shape index (κ2) is 8.60. The standard InChI is InChI=1S/C23H28N4O2S/c1-14(2)23(28)26-17-6-8-22-20(10-17)19-9-16(11-24-29-4)5-7-21(19)27(22)12-18-13-30-15(3)25-18/h5,7,9,11,13-14,17H,6,8,10,12H2,1-4H3,(H,26,28). The van der Waals surface area contributed by atoms with Crippen LogP contribution in [0.3, 0.4) is 0 Å². The summed E-state index contributed by atoms with van der Waals surface area (Å²) < 4.78 is 2.40. The zero-order valence-electron chi connectivity index (χ0n) is 17.9. The summed E-state index contributed by atoms with van der Waals surface area (Å²) in [6.07, 6.45) is 4.47. The van der Waals surface area contributed by atoms with Crippen LogP contribution in [-0.2, 0) is 29.0 Å². The highest BCUT2D eigenvalue weighted by atomic mass is 32.1.